The van der Waals surface area contributed by atoms with E-state index in [4.69, 9.17) is 14.2 Å². The maximum Gasteiger partial charge on any atom is 0.193 e. The molecular weight excluding hydrogens is 554 g/mol. The molecule has 4 atom stereocenters. The highest BCUT2D eigenvalue weighted by atomic mass is 31.2. The molecule has 9 heteroatoms. The summed E-state index contributed by atoms with van der Waals surface area (Å²) in [7, 11) is -2.72. The van der Waals surface area contributed by atoms with Crippen molar-refractivity contribution in [3.63, 3.8) is 0 Å². The van der Waals surface area contributed by atoms with Gasteiger partial charge < -0.3 is 28.9 Å². The van der Waals surface area contributed by atoms with E-state index in [1.165, 1.54) is 6.07 Å². The van der Waals surface area contributed by atoms with Gasteiger partial charge in [0.25, 0.3) is 0 Å². The Morgan fingerprint density at radius 2 is 1.45 bits per heavy atom. The Kier molecular flexibility index (Phi) is 7.13. The molecule has 0 amide bonds. The standard InChI is InChI=1S/C33H38FN2O5P/c1-32(2,3)42(38,33(4,5)6)22-13-11-20(12-14-22)19-7-9-21(10-8-19)29-23(34)15-24-25(36-29)16-28(35-24)41-27-18-40-30-26(37)17-39-31(27)30/h7-16,26-27,30-31,35,37H,17-18H2,1-6H3/t26-,27-,30-,31-/m1/s1. The number of aromatic amines is 1. The van der Waals surface area contributed by atoms with Gasteiger partial charge in [0.15, 0.2) is 17.8 Å². The third kappa shape index (κ3) is 4.88. The number of aliphatic hydroxyl groups excluding tert-OH is 1. The number of halogens is 1. The van der Waals surface area contributed by atoms with E-state index in [1.807, 2.05) is 90.1 Å². The van der Waals surface area contributed by atoms with Crippen LogP contribution in [0.4, 0.5) is 4.39 Å². The van der Waals surface area contributed by atoms with E-state index in [2.05, 4.69) is 9.97 Å². The average Bonchev–Trinajstić information content (AvgIpc) is 3.63. The first-order chi connectivity index (χ1) is 19.8. The van der Waals surface area contributed by atoms with Crippen molar-refractivity contribution in [3.8, 4) is 28.3 Å². The van der Waals surface area contributed by atoms with Gasteiger partial charge in [-0.25, -0.2) is 9.37 Å². The minimum Gasteiger partial charge on any atom is -0.470 e. The second kappa shape index (κ2) is 10.3. The first-order valence-electron chi connectivity index (χ1n) is 14.4. The van der Waals surface area contributed by atoms with Crippen LogP contribution < -0.4 is 10.0 Å². The van der Waals surface area contributed by atoms with E-state index in [0.717, 1.165) is 16.4 Å². The second-order valence-electron chi connectivity index (χ2n) is 13.3. The van der Waals surface area contributed by atoms with Crippen molar-refractivity contribution in [1.82, 2.24) is 9.97 Å². The fourth-order valence-electron chi connectivity index (χ4n) is 6.45. The van der Waals surface area contributed by atoms with Crippen molar-refractivity contribution in [2.24, 2.45) is 0 Å². The van der Waals surface area contributed by atoms with E-state index >= 15 is 4.39 Å². The molecule has 0 aliphatic carbocycles. The first-order valence-corrected chi connectivity index (χ1v) is 16.1. The maximum atomic E-state index is 15.2. The number of rotatable bonds is 5. The van der Waals surface area contributed by atoms with Gasteiger partial charge in [-0.15, -0.1) is 0 Å². The largest absolute Gasteiger partial charge is 0.470 e. The van der Waals surface area contributed by atoms with Crippen molar-refractivity contribution in [2.75, 3.05) is 13.2 Å². The Bertz CT molecular complexity index is 1640. The fraction of sp³-hybridized carbons (Fsp3) is 0.424. The molecule has 0 spiro atoms. The molecule has 0 saturated carbocycles. The number of nitrogens with one attached hydrogen (secondary N) is 1. The van der Waals surface area contributed by atoms with E-state index in [0.29, 0.717) is 29.1 Å². The average molecular weight is 593 g/mol. The smallest absolute Gasteiger partial charge is 0.193 e. The summed E-state index contributed by atoms with van der Waals surface area (Å²) in [4.78, 5) is 7.66. The van der Waals surface area contributed by atoms with Gasteiger partial charge in [-0.2, -0.15) is 0 Å². The van der Waals surface area contributed by atoms with Gasteiger partial charge in [0.05, 0.1) is 24.2 Å². The third-order valence-electron chi connectivity index (χ3n) is 8.40. The zero-order chi connectivity index (χ0) is 30.0. The molecule has 6 rings (SSSR count). The molecule has 7 nitrogen and oxygen atoms in total. The lowest BCUT2D eigenvalue weighted by Crippen LogP contribution is -2.34. The molecule has 2 aromatic carbocycles. The molecule has 2 N–H and O–H groups in total. The Hall–Kier alpha value is -3.03. The van der Waals surface area contributed by atoms with Gasteiger partial charge in [-0.3, -0.25) is 0 Å². The Morgan fingerprint density at radius 3 is 2.07 bits per heavy atom. The number of benzene rings is 2. The van der Waals surface area contributed by atoms with Crippen LogP contribution >= 0.6 is 7.14 Å². The van der Waals surface area contributed by atoms with E-state index < -0.39 is 25.2 Å². The normalized spacial score (nSPS) is 23.0. The second-order valence-corrected chi connectivity index (χ2v) is 17.7. The van der Waals surface area contributed by atoms with Crippen molar-refractivity contribution < 1.29 is 28.3 Å². The molecule has 0 bridgehead atoms. The molecule has 2 saturated heterocycles. The lowest BCUT2D eigenvalue weighted by Gasteiger charge is -2.41. The summed E-state index contributed by atoms with van der Waals surface area (Å²) >= 11 is 0. The quantitative estimate of drug-likeness (QED) is 0.256. The molecule has 0 unspecified atom stereocenters. The molecule has 222 valence electrons. The minimum absolute atomic E-state index is 0.221. The highest BCUT2D eigenvalue weighted by molar-refractivity contribution is 7.74. The van der Waals surface area contributed by atoms with Crippen LogP contribution in [0.2, 0.25) is 0 Å². The van der Waals surface area contributed by atoms with Crippen LogP contribution in [0.25, 0.3) is 33.4 Å². The number of hydrogen-bond donors (Lipinski definition) is 2. The van der Waals surface area contributed by atoms with E-state index in [9.17, 15) is 9.67 Å². The number of nitrogens with zero attached hydrogens (tertiary/aromatic N) is 1. The van der Waals surface area contributed by atoms with Gasteiger partial charge in [0.2, 0.25) is 0 Å². The number of hydrogen-bond acceptors (Lipinski definition) is 6. The number of ether oxygens (including phenoxy) is 3. The van der Waals surface area contributed by atoms with Crippen molar-refractivity contribution in [3.05, 3.63) is 66.5 Å². The number of pyridine rings is 1. The lowest BCUT2D eigenvalue weighted by molar-refractivity contribution is 0.00794. The summed E-state index contributed by atoms with van der Waals surface area (Å²) in [5.74, 6) is -0.00539. The number of H-pyrrole nitrogens is 1. The maximum absolute atomic E-state index is 15.2. The highest BCUT2D eigenvalue weighted by Gasteiger charge is 2.49. The van der Waals surface area contributed by atoms with Crippen LogP contribution in [-0.4, -0.2) is 63.0 Å². The molecule has 0 radical (unpaired) electrons. The van der Waals surface area contributed by atoms with Gasteiger partial charge in [0, 0.05) is 33.3 Å². The highest BCUT2D eigenvalue weighted by Crippen LogP contribution is 2.65. The van der Waals surface area contributed by atoms with Crippen LogP contribution in [0, 0.1) is 5.82 Å². The van der Waals surface area contributed by atoms with Crippen LogP contribution in [-0.2, 0) is 14.0 Å². The van der Waals surface area contributed by atoms with Crippen LogP contribution in [0.5, 0.6) is 5.88 Å². The van der Waals surface area contributed by atoms with E-state index in [-0.39, 0.29) is 34.8 Å². The molecule has 2 aliphatic heterocycles. The van der Waals surface area contributed by atoms with Crippen molar-refractivity contribution in [1.29, 1.82) is 0 Å². The third-order valence-corrected chi connectivity index (χ3v) is 13.2. The van der Waals surface area contributed by atoms with E-state index in [1.54, 1.807) is 6.07 Å². The van der Waals surface area contributed by atoms with Crippen molar-refractivity contribution in [2.45, 2.75) is 76.3 Å². The number of aliphatic hydroxyl groups is 1. The molecule has 2 fully saturated rings. The Morgan fingerprint density at radius 1 is 0.881 bits per heavy atom. The zero-order valence-corrected chi connectivity index (χ0v) is 25.7. The molecule has 42 heavy (non-hydrogen) atoms. The lowest BCUT2D eigenvalue weighted by atomic mass is 10.0. The Balaban J connectivity index is 1.22. The van der Waals surface area contributed by atoms with Gasteiger partial charge in [-0.05, 0) is 11.1 Å². The van der Waals surface area contributed by atoms with Crippen LogP contribution in [0.3, 0.4) is 0 Å². The summed E-state index contributed by atoms with van der Waals surface area (Å²) in [6.45, 7) is 12.8. The topological polar surface area (TPSA) is 93.7 Å². The molecule has 2 aromatic heterocycles. The predicted octanol–water partition coefficient (Wildman–Crippen LogP) is 6.53. The van der Waals surface area contributed by atoms with Gasteiger partial charge >= 0.3 is 0 Å². The monoisotopic (exact) mass is 592 g/mol. The van der Waals surface area contributed by atoms with Crippen LogP contribution in [0.1, 0.15) is 41.5 Å². The minimum atomic E-state index is -2.72. The van der Waals surface area contributed by atoms with Crippen LogP contribution in [0.15, 0.2) is 60.7 Å². The fourth-order valence-corrected chi connectivity index (χ4v) is 10.6. The molecular formula is C33H38FN2O5P. The number of aromatic nitrogens is 2. The summed E-state index contributed by atoms with van der Waals surface area (Å²) in [5.41, 5.74) is 3.97. The zero-order valence-electron chi connectivity index (χ0n) is 24.8. The molecule has 4 heterocycles. The van der Waals surface area contributed by atoms with Gasteiger partial charge in [-0.1, -0.05) is 90.1 Å². The van der Waals surface area contributed by atoms with Gasteiger partial charge in [0.1, 0.15) is 31.1 Å². The SMILES string of the molecule is CC(C)(C)P(=O)(c1ccc(-c2ccc(-c3nc4cc(O[C@@H]5CO[C@H]6[C@@H]5OC[C@H]6O)[nH]c4cc3F)cc2)cc1)C(C)(C)C. The first kappa shape index (κ1) is 29.1. The predicted molar refractivity (Wildman–Crippen MR) is 164 cm³/mol. The Labute approximate surface area is 245 Å². The summed E-state index contributed by atoms with van der Waals surface area (Å²) in [6, 6.07) is 18.8. The summed E-state index contributed by atoms with van der Waals surface area (Å²) in [6.07, 6.45) is -1.77. The summed E-state index contributed by atoms with van der Waals surface area (Å²) < 4.78 is 46.8. The molecule has 4 aromatic rings. The number of fused-ring (bicyclic) bond motifs is 2. The molecule has 2 aliphatic rings. The van der Waals surface area contributed by atoms with Crippen molar-refractivity contribution >= 4 is 23.5 Å². The summed E-state index contributed by atoms with van der Waals surface area (Å²) in [5, 5.41) is 10.1.